The van der Waals surface area contributed by atoms with Crippen LogP contribution in [-0.2, 0) is 9.59 Å². The third kappa shape index (κ3) is 2.61. The summed E-state index contributed by atoms with van der Waals surface area (Å²) in [5, 5.41) is 9.46. The number of carbonyl (C=O) groups excluding carboxylic acids is 1. The topological polar surface area (TPSA) is 60.9 Å². The van der Waals surface area contributed by atoms with Crippen molar-refractivity contribution < 1.29 is 14.7 Å². The summed E-state index contributed by atoms with van der Waals surface area (Å²) in [4.78, 5) is 27.6. The zero-order valence-electron chi connectivity index (χ0n) is 11.9. The first-order chi connectivity index (χ1) is 8.97. The maximum absolute atomic E-state index is 12.3. The Bertz CT molecular complexity index is 354. The Balaban J connectivity index is 1.97. The fourth-order valence-corrected chi connectivity index (χ4v) is 3.39. The van der Waals surface area contributed by atoms with E-state index in [9.17, 15) is 14.7 Å². The second-order valence-corrected chi connectivity index (χ2v) is 6.04. The van der Waals surface area contributed by atoms with Crippen LogP contribution in [0, 0.1) is 5.92 Å². The number of hydrogen-bond donors (Lipinski definition) is 1. The van der Waals surface area contributed by atoms with Gasteiger partial charge in [0.2, 0.25) is 5.91 Å². The van der Waals surface area contributed by atoms with Gasteiger partial charge in [-0.3, -0.25) is 14.5 Å². The minimum atomic E-state index is -0.776. The molecule has 1 amide bonds. The van der Waals surface area contributed by atoms with Crippen molar-refractivity contribution in [2.45, 2.75) is 44.1 Å². The van der Waals surface area contributed by atoms with E-state index >= 15 is 0 Å². The molecule has 108 valence electrons. The van der Waals surface area contributed by atoms with Gasteiger partial charge in [0.1, 0.15) is 5.54 Å². The van der Waals surface area contributed by atoms with Crippen LogP contribution in [0.4, 0.5) is 0 Å². The first-order valence-corrected chi connectivity index (χ1v) is 7.17. The summed E-state index contributed by atoms with van der Waals surface area (Å²) in [6.07, 6.45) is 4.74. The zero-order chi connectivity index (χ0) is 14.0. The lowest BCUT2D eigenvalue weighted by atomic mass is 9.75. The Morgan fingerprint density at radius 3 is 2.11 bits per heavy atom. The molecule has 0 aromatic carbocycles. The lowest BCUT2D eigenvalue weighted by Crippen LogP contribution is -2.54. The van der Waals surface area contributed by atoms with E-state index in [1.807, 2.05) is 19.0 Å². The molecule has 2 fully saturated rings. The number of likely N-dealkylation sites (N-methyl/N-ethyl adjacent to an activating group) is 1. The Kier molecular flexibility index (Phi) is 4.13. The van der Waals surface area contributed by atoms with E-state index in [0.717, 1.165) is 25.9 Å². The second kappa shape index (κ2) is 5.49. The minimum Gasteiger partial charge on any atom is -0.480 e. The number of nitrogens with zero attached hydrogens (tertiary/aromatic N) is 2. The third-order valence-electron chi connectivity index (χ3n) is 4.83. The molecule has 0 radical (unpaired) electrons. The summed E-state index contributed by atoms with van der Waals surface area (Å²) in [6, 6.07) is 0. The maximum atomic E-state index is 12.3. The predicted molar refractivity (Wildman–Crippen MR) is 71.8 cm³/mol. The van der Waals surface area contributed by atoms with Crippen molar-refractivity contribution in [2.75, 3.05) is 27.2 Å². The third-order valence-corrected chi connectivity index (χ3v) is 4.83. The van der Waals surface area contributed by atoms with E-state index in [2.05, 4.69) is 0 Å². The molecule has 0 atom stereocenters. The van der Waals surface area contributed by atoms with E-state index in [4.69, 9.17) is 0 Å². The summed E-state index contributed by atoms with van der Waals surface area (Å²) in [5.74, 6) is -0.481. The Morgan fingerprint density at radius 2 is 1.68 bits per heavy atom. The average Bonchev–Trinajstić information content (AvgIpc) is 2.91. The highest BCUT2D eigenvalue weighted by atomic mass is 16.4. The first kappa shape index (κ1) is 14.3. The zero-order valence-corrected chi connectivity index (χ0v) is 11.9. The van der Waals surface area contributed by atoms with Gasteiger partial charge in [-0.2, -0.15) is 0 Å². The molecule has 1 saturated heterocycles. The van der Waals surface area contributed by atoms with E-state index in [1.165, 1.54) is 0 Å². The molecule has 2 rings (SSSR count). The molecule has 19 heavy (non-hydrogen) atoms. The highest BCUT2D eigenvalue weighted by Gasteiger charge is 2.45. The summed E-state index contributed by atoms with van der Waals surface area (Å²) in [6.45, 7) is 1.76. The average molecular weight is 268 g/mol. The Hall–Kier alpha value is -1.10. The molecule has 1 saturated carbocycles. The number of carboxylic acids is 1. The Labute approximate surface area is 114 Å². The maximum Gasteiger partial charge on any atom is 0.324 e. The second-order valence-electron chi connectivity index (χ2n) is 6.04. The van der Waals surface area contributed by atoms with Crippen LogP contribution in [-0.4, -0.2) is 59.5 Å². The fourth-order valence-electron chi connectivity index (χ4n) is 3.39. The van der Waals surface area contributed by atoms with Crippen molar-refractivity contribution in [2.24, 2.45) is 5.92 Å². The normalized spacial score (nSPS) is 31.7. The van der Waals surface area contributed by atoms with Gasteiger partial charge in [-0.15, -0.1) is 0 Å². The smallest absolute Gasteiger partial charge is 0.324 e. The highest BCUT2D eigenvalue weighted by molar-refractivity contribution is 5.82. The molecule has 1 heterocycles. The van der Waals surface area contributed by atoms with Crippen molar-refractivity contribution in [3.8, 4) is 0 Å². The van der Waals surface area contributed by atoms with Gasteiger partial charge in [0.15, 0.2) is 0 Å². The monoisotopic (exact) mass is 268 g/mol. The summed E-state index contributed by atoms with van der Waals surface area (Å²) in [5.41, 5.74) is -0.776. The summed E-state index contributed by atoms with van der Waals surface area (Å²) < 4.78 is 0. The molecule has 1 N–H and O–H groups in total. The number of amides is 1. The minimum absolute atomic E-state index is 0.0329. The lowest BCUT2D eigenvalue weighted by molar-refractivity contribution is -0.154. The van der Waals surface area contributed by atoms with E-state index < -0.39 is 11.5 Å². The standard InChI is InChI=1S/C14H24N2O3/c1-15(2)14(13(18)19)7-5-11(6-8-14)12(17)16-9-3-4-10-16/h11H,3-10H2,1-2H3,(H,18,19). The lowest BCUT2D eigenvalue weighted by Gasteiger charge is -2.41. The molecule has 1 aliphatic heterocycles. The first-order valence-electron chi connectivity index (χ1n) is 7.17. The molecular weight excluding hydrogens is 244 g/mol. The van der Waals surface area contributed by atoms with Crippen molar-refractivity contribution >= 4 is 11.9 Å². The van der Waals surface area contributed by atoms with Crippen molar-refractivity contribution in [1.29, 1.82) is 0 Å². The van der Waals surface area contributed by atoms with Crippen molar-refractivity contribution in [3.63, 3.8) is 0 Å². The van der Waals surface area contributed by atoms with Crippen molar-refractivity contribution in [3.05, 3.63) is 0 Å². The number of rotatable bonds is 3. The van der Waals surface area contributed by atoms with E-state index in [-0.39, 0.29) is 11.8 Å². The number of aliphatic carboxylic acids is 1. The fraction of sp³-hybridized carbons (Fsp3) is 0.857. The van der Waals surface area contributed by atoms with Gasteiger partial charge in [-0.1, -0.05) is 0 Å². The molecule has 0 bridgehead atoms. The molecule has 0 aromatic heterocycles. The van der Waals surface area contributed by atoms with Crippen LogP contribution in [0.1, 0.15) is 38.5 Å². The van der Waals surface area contributed by atoms with E-state index in [1.54, 1.807) is 4.90 Å². The number of carboxylic acid groups (broad SMARTS) is 1. The highest BCUT2D eigenvalue weighted by Crippen LogP contribution is 2.36. The van der Waals surface area contributed by atoms with Gasteiger partial charge < -0.3 is 10.0 Å². The van der Waals surface area contributed by atoms with Crippen LogP contribution in [0.25, 0.3) is 0 Å². The van der Waals surface area contributed by atoms with Gasteiger partial charge >= 0.3 is 5.97 Å². The molecule has 0 spiro atoms. The molecule has 5 heteroatoms. The predicted octanol–water partition coefficient (Wildman–Crippen LogP) is 1.18. The quantitative estimate of drug-likeness (QED) is 0.835. The number of hydrogen-bond acceptors (Lipinski definition) is 3. The summed E-state index contributed by atoms with van der Waals surface area (Å²) in [7, 11) is 3.63. The van der Waals surface area contributed by atoms with E-state index in [0.29, 0.717) is 25.7 Å². The van der Waals surface area contributed by atoms with Gasteiger partial charge in [0.05, 0.1) is 0 Å². The number of likely N-dealkylation sites (tertiary alicyclic amines) is 1. The molecule has 0 aromatic rings. The van der Waals surface area contributed by atoms with Crippen LogP contribution in [0.2, 0.25) is 0 Å². The molecule has 5 nitrogen and oxygen atoms in total. The van der Waals surface area contributed by atoms with Crippen LogP contribution >= 0.6 is 0 Å². The largest absolute Gasteiger partial charge is 0.480 e. The SMILES string of the molecule is CN(C)C1(C(=O)O)CCC(C(=O)N2CCCC2)CC1. The van der Waals surface area contributed by atoms with Crippen LogP contribution < -0.4 is 0 Å². The number of carbonyl (C=O) groups is 2. The van der Waals surface area contributed by atoms with Gasteiger partial charge in [-0.25, -0.2) is 0 Å². The molecule has 0 unspecified atom stereocenters. The molecular formula is C14H24N2O3. The molecule has 1 aliphatic carbocycles. The molecule has 2 aliphatic rings. The van der Waals surface area contributed by atoms with Gasteiger partial charge in [0, 0.05) is 19.0 Å². The van der Waals surface area contributed by atoms with Crippen molar-refractivity contribution in [1.82, 2.24) is 9.80 Å². The van der Waals surface area contributed by atoms with Gasteiger partial charge in [0.25, 0.3) is 0 Å². The Morgan fingerprint density at radius 1 is 1.16 bits per heavy atom. The van der Waals surface area contributed by atoms with Gasteiger partial charge in [-0.05, 0) is 52.6 Å². The van der Waals surface area contributed by atoms with Crippen LogP contribution in [0.3, 0.4) is 0 Å². The van der Waals surface area contributed by atoms with Crippen LogP contribution in [0.5, 0.6) is 0 Å². The van der Waals surface area contributed by atoms with Crippen LogP contribution in [0.15, 0.2) is 0 Å². The summed E-state index contributed by atoms with van der Waals surface area (Å²) >= 11 is 0.